The van der Waals surface area contributed by atoms with Gasteiger partial charge in [-0.05, 0) is 43.0 Å². The molecule has 1 saturated heterocycles. The first-order chi connectivity index (χ1) is 13.7. The summed E-state index contributed by atoms with van der Waals surface area (Å²) in [4.78, 5) is 18.6. The number of guanidine groups is 1. The number of amides is 1. The molecule has 7 heteroatoms. The molecule has 0 unspecified atom stereocenters. The molecule has 5 nitrogen and oxygen atoms in total. The highest BCUT2D eigenvalue weighted by atomic mass is 127. The van der Waals surface area contributed by atoms with Crippen molar-refractivity contribution in [3.8, 4) is 0 Å². The SMILES string of the molecule is CN=C(NCc1ccc(C(=O)N2CCCCC2)cc1)NCc1ccccc1F.I. The molecular weight excluding hydrogens is 482 g/mol. The number of aliphatic imine (C=N–C) groups is 1. The summed E-state index contributed by atoms with van der Waals surface area (Å²) in [5, 5.41) is 6.32. The van der Waals surface area contributed by atoms with Gasteiger partial charge in [0.25, 0.3) is 5.91 Å². The second-order valence-electron chi connectivity index (χ2n) is 6.92. The number of halogens is 2. The van der Waals surface area contributed by atoms with Crippen molar-refractivity contribution in [2.45, 2.75) is 32.4 Å². The van der Waals surface area contributed by atoms with Crippen LogP contribution >= 0.6 is 24.0 Å². The molecular formula is C22H28FIN4O. The molecule has 0 saturated carbocycles. The Morgan fingerprint density at radius 2 is 1.66 bits per heavy atom. The lowest BCUT2D eigenvalue weighted by Crippen LogP contribution is -2.36. The van der Waals surface area contributed by atoms with Crippen molar-refractivity contribution < 1.29 is 9.18 Å². The van der Waals surface area contributed by atoms with E-state index >= 15 is 0 Å². The average molecular weight is 510 g/mol. The predicted molar refractivity (Wildman–Crippen MR) is 125 cm³/mol. The van der Waals surface area contributed by atoms with E-state index in [9.17, 15) is 9.18 Å². The van der Waals surface area contributed by atoms with Crippen LogP contribution in [0.1, 0.15) is 40.7 Å². The van der Waals surface area contributed by atoms with Crippen LogP contribution in [0.5, 0.6) is 0 Å². The van der Waals surface area contributed by atoms with Gasteiger partial charge in [-0.25, -0.2) is 4.39 Å². The molecule has 2 aromatic carbocycles. The molecule has 0 spiro atoms. The number of nitrogens with zero attached hydrogens (tertiary/aromatic N) is 2. The third-order valence-corrected chi connectivity index (χ3v) is 4.93. The molecule has 0 radical (unpaired) electrons. The minimum atomic E-state index is -0.237. The van der Waals surface area contributed by atoms with E-state index in [4.69, 9.17) is 0 Å². The Bertz CT molecular complexity index is 820. The minimum Gasteiger partial charge on any atom is -0.352 e. The topological polar surface area (TPSA) is 56.7 Å². The second kappa shape index (κ2) is 11.7. The highest BCUT2D eigenvalue weighted by molar-refractivity contribution is 14.0. The number of carbonyl (C=O) groups excluding carboxylic acids is 1. The highest BCUT2D eigenvalue weighted by Crippen LogP contribution is 2.14. The number of likely N-dealkylation sites (tertiary alicyclic amines) is 1. The zero-order valence-electron chi connectivity index (χ0n) is 16.7. The Hall–Kier alpha value is -2.16. The molecule has 0 bridgehead atoms. The average Bonchev–Trinajstić information content (AvgIpc) is 2.75. The molecule has 1 heterocycles. The highest BCUT2D eigenvalue weighted by Gasteiger charge is 2.17. The third-order valence-electron chi connectivity index (χ3n) is 4.93. The monoisotopic (exact) mass is 510 g/mol. The van der Waals surface area contributed by atoms with Crippen LogP contribution in [0.25, 0.3) is 0 Å². The van der Waals surface area contributed by atoms with Crippen LogP contribution in [-0.4, -0.2) is 36.9 Å². The lowest BCUT2D eigenvalue weighted by atomic mass is 10.1. The van der Waals surface area contributed by atoms with Crippen LogP contribution in [-0.2, 0) is 13.1 Å². The van der Waals surface area contributed by atoms with Crippen LogP contribution in [0.15, 0.2) is 53.5 Å². The molecule has 1 aliphatic heterocycles. The van der Waals surface area contributed by atoms with Crippen molar-refractivity contribution in [3.05, 3.63) is 71.0 Å². The summed E-state index contributed by atoms with van der Waals surface area (Å²) in [6.07, 6.45) is 3.39. The van der Waals surface area contributed by atoms with Gasteiger partial charge in [-0.3, -0.25) is 9.79 Å². The van der Waals surface area contributed by atoms with Crippen molar-refractivity contribution in [1.82, 2.24) is 15.5 Å². The number of hydrogen-bond acceptors (Lipinski definition) is 2. The van der Waals surface area contributed by atoms with E-state index in [0.717, 1.165) is 37.1 Å². The molecule has 29 heavy (non-hydrogen) atoms. The van der Waals surface area contributed by atoms with Gasteiger partial charge in [-0.15, -0.1) is 24.0 Å². The van der Waals surface area contributed by atoms with Gasteiger partial charge in [0.2, 0.25) is 0 Å². The first-order valence-corrected chi connectivity index (χ1v) is 9.73. The molecule has 1 fully saturated rings. The number of rotatable bonds is 5. The molecule has 1 amide bonds. The molecule has 2 N–H and O–H groups in total. The second-order valence-corrected chi connectivity index (χ2v) is 6.92. The van der Waals surface area contributed by atoms with Crippen LogP contribution in [0.4, 0.5) is 4.39 Å². The summed E-state index contributed by atoms with van der Waals surface area (Å²) < 4.78 is 13.7. The summed E-state index contributed by atoms with van der Waals surface area (Å²) in [5.41, 5.74) is 2.36. The third kappa shape index (κ3) is 6.69. The summed E-state index contributed by atoms with van der Waals surface area (Å²) in [5.74, 6) is 0.470. The molecule has 2 aromatic rings. The Balaban J connectivity index is 0.00000300. The first-order valence-electron chi connectivity index (χ1n) is 9.73. The Morgan fingerprint density at radius 3 is 2.31 bits per heavy atom. The van der Waals surface area contributed by atoms with Gasteiger partial charge in [0.05, 0.1) is 0 Å². The van der Waals surface area contributed by atoms with Gasteiger partial charge in [0.15, 0.2) is 5.96 Å². The first kappa shape index (κ1) is 23.1. The van der Waals surface area contributed by atoms with Gasteiger partial charge in [-0.1, -0.05) is 30.3 Å². The van der Waals surface area contributed by atoms with Gasteiger partial charge < -0.3 is 15.5 Å². The Kier molecular flexibility index (Phi) is 9.37. The Morgan fingerprint density at radius 1 is 1.00 bits per heavy atom. The lowest BCUT2D eigenvalue weighted by molar-refractivity contribution is 0.0724. The number of benzene rings is 2. The zero-order chi connectivity index (χ0) is 19.8. The summed E-state index contributed by atoms with van der Waals surface area (Å²) in [6, 6.07) is 14.3. The molecule has 0 aromatic heterocycles. The maximum absolute atomic E-state index is 13.7. The fourth-order valence-electron chi connectivity index (χ4n) is 3.27. The number of piperidine rings is 1. The number of nitrogens with one attached hydrogen (secondary N) is 2. The quantitative estimate of drug-likeness (QED) is 0.364. The predicted octanol–water partition coefficient (Wildman–Crippen LogP) is 3.94. The van der Waals surface area contributed by atoms with E-state index in [2.05, 4.69) is 15.6 Å². The van der Waals surface area contributed by atoms with Crippen molar-refractivity contribution >= 4 is 35.8 Å². The van der Waals surface area contributed by atoms with E-state index in [1.54, 1.807) is 19.2 Å². The van der Waals surface area contributed by atoms with Crippen molar-refractivity contribution in [1.29, 1.82) is 0 Å². The standard InChI is InChI=1S/C22H27FN4O.HI/c1-24-22(26-16-19-7-3-4-8-20(19)23)25-15-17-9-11-18(12-10-17)21(28)27-13-5-2-6-14-27;/h3-4,7-12H,2,5-6,13-16H2,1H3,(H2,24,25,26);1H. The Labute approximate surface area is 188 Å². The summed E-state index contributed by atoms with van der Waals surface area (Å²) in [7, 11) is 1.68. The molecule has 0 atom stereocenters. The zero-order valence-corrected chi connectivity index (χ0v) is 19.0. The maximum atomic E-state index is 13.7. The fourth-order valence-corrected chi connectivity index (χ4v) is 3.27. The van der Waals surface area contributed by atoms with Crippen LogP contribution in [0.2, 0.25) is 0 Å². The van der Waals surface area contributed by atoms with Gasteiger partial charge in [0, 0.05) is 44.4 Å². The van der Waals surface area contributed by atoms with Crippen molar-refractivity contribution in [3.63, 3.8) is 0 Å². The van der Waals surface area contributed by atoms with E-state index in [-0.39, 0.29) is 35.7 Å². The minimum absolute atomic E-state index is 0. The van der Waals surface area contributed by atoms with Gasteiger partial charge >= 0.3 is 0 Å². The number of hydrogen-bond donors (Lipinski definition) is 2. The molecule has 3 rings (SSSR count). The van der Waals surface area contributed by atoms with Crippen LogP contribution < -0.4 is 10.6 Å². The smallest absolute Gasteiger partial charge is 0.253 e. The van der Waals surface area contributed by atoms with Crippen molar-refractivity contribution in [2.75, 3.05) is 20.1 Å². The van der Waals surface area contributed by atoms with Crippen molar-refractivity contribution in [2.24, 2.45) is 4.99 Å². The lowest BCUT2D eigenvalue weighted by Gasteiger charge is -2.26. The van der Waals surface area contributed by atoms with Gasteiger partial charge in [0.1, 0.15) is 5.82 Å². The van der Waals surface area contributed by atoms with Crippen LogP contribution in [0, 0.1) is 5.82 Å². The van der Waals surface area contributed by atoms with Crippen LogP contribution in [0.3, 0.4) is 0 Å². The maximum Gasteiger partial charge on any atom is 0.253 e. The van der Waals surface area contributed by atoms with E-state index in [1.807, 2.05) is 35.2 Å². The largest absolute Gasteiger partial charge is 0.352 e. The summed E-state index contributed by atoms with van der Waals surface area (Å²) >= 11 is 0. The molecule has 1 aliphatic rings. The fraction of sp³-hybridized carbons (Fsp3) is 0.364. The normalized spacial score (nSPS) is 14.1. The molecule has 0 aliphatic carbocycles. The molecule has 156 valence electrons. The van der Waals surface area contributed by atoms with E-state index in [1.165, 1.54) is 12.5 Å². The number of carbonyl (C=O) groups is 1. The van der Waals surface area contributed by atoms with E-state index < -0.39 is 0 Å². The summed E-state index contributed by atoms with van der Waals surface area (Å²) in [6.45, 7) is 2.63. The van der Waals surface area contributed by atoms with Gasteiger partial charge in [-0.2, -0.15) is 0 Å². The van der Waals surface area contributed by atoms with E-state index in [0.29, 0.717) is 24.6 Å².